The van der Waals surface area contributed by atoms with Gasteiger partial charge in [0.25, 0.3) is 0 Å². The number of allylic oxidation sites excluding steroid dienone is 1. The largest absolute Gasteiger partial charge is 0.356 e. The van der Waals surface area contributed by atoms with Gasteiger partial charge in [0.05, 0.1) is 18.2 Å². The Morgan fingerprint density at radius 1 is 1.46 bits per heavy atom. The number of nitrogens with one attached hydrogen (secondary N) is 2. The number of piperazine rings is 1. The van der Waals surface area contributed by atoms with Crippen LogP contribution in [0.25, 0.3) is 0 Å². The summed E-state index contributed by atoms with van der Waals surface area (Å²) in [5.74, 6) is -0.198. The zero-order valence-corrected chi connectivity index (χ0v) is 14.3. The van der Waals surface area contributed by atoms with Crippen molar-refractivity contribution in [3.8, 4) is 0 Å². The molecule has 2 amide bonds. The molecule has 24 heavy (non-hydrogen) atoms. The Balaban J connectivity index is 1.82. The van der Waals surface area contributed by atoms with Crippen LogP contribution in [0.1, 0.15) is 26.0 Å². The standard InChI is InChI=1S/C17H25N5O2/c1-13(2)4-9-22-10-8-21-17(24)15(22)11-16(23)20-5-3-14-12-18-6-7-19-14/h4,6-7,12,15H,3,5,8-11H2,1-2H3,(H,20,23)(H,21,24). The highest BCUT2D eigenvalue weighted by Crippen LogP contribution is 2.09. The maximum atomic E-state index is 12.2. The second-order valence-electron chi connectivity index (χ2n) is 6.08. The highest BCUT2D eigenvalue weighted by atomic mass is 16.2. The molecule has 2 heterocycles. The normalized spacial score (nSPS) is 17.9. The molecule has 1 aromatic heterocycles. The van der Waals surface area contributed by atoms with Gasteiger partial charge in [-0.25, -0.2) is 0 Å². The van der Waals surface area contributed by atoms with E-state index in [2.05, 4.69) is 26.7 Å². The van der Waals surface area contributed by atoms with Crippen molar-refractivity contribution in [2.45, 2.75) is 32.7 Å². The van der Waals surface area contributed by atoms with Crippen LogP contribution >= 0.6 is 0 Å². The first-order valence-electron chi connectivity index (χ1n) is 8.23. The van der Waals surface area contributed by atoms with Crippen molar-refractivity contribution in [3.05, 3.63) is 35.9 Å². The van der Waals surface area contributed by atoms with E-state index in [1.165, 1.54) is 5.57 Å². The van der Waals surface area contributed by atoms with E-state index in [0.717, 1.165) is 12.2 Å². The third kappa shape index (κ3) is 5.73. The van der Waals surface area contributed by atoms with Crippen LogP contribution in [0.4, 0.5) is 0 Å². The van der Waals surface area contributed by atoms with Crippen molar-refractivity contribution in [2.24, 2.45) is 0 Å². The number of amides is 2. The average molecular weight is 331 g/mol. The van der Waals surface area contributed by atoms with Gasteiger partial charge in [0.1, 0.15) is 0 Å². The monoisotopic (exact) mass is 331 g/mol. The maximum absolute atomic E-state index is 12.2. The molecule has 130 valence electrons. The number of hydrogen-bond acceptors (Lipinski definition) is 5. The van der Waals surface area contributed by atoms with Crippen molar-refractivity contribution in [1.29, 1.82) is 0 Å². The van der Waals surface area contributed by atoms with Gasteiger partial charge in [-0.15, -0.1) is 0 Å². The maximum Gasteiger partial charge on any atom is 0.237 e. The topological polar surface area (TPSA) is 87.2 Å². The summed E-state index contributed by atoms with van der Waals surface area (Å²) < 4.78 is 0. The number of rotatable bonds is 7. The van der Waals surface area contributed by atoms with Crippen molar-refractivity contribution >= 4 is 11.8 Å². The molecule has 7 nitrogen and oxygen atoms in total. The van der Waals surface area contributed by atoms with Crippen LogP contribution < -0.4 is 10.6 Å². The highest BCUT2D eigenvalue weighted by Gasteiger charge is 2.30. The molecule has 1 aliphatic heterocycles. The molecule has 1 aromatic rings. The van der Waals surface area contributed by atoms with Crippen LogP contribution in [-0.4, -0.2) is 58.9 Å². The van der Waals surface area contributed by atoms with Gasteiger partial charge in [0.15, 0.2) is 0 Å². The lowest BCUT2D eigenvalue weighted by Crippen LogP contribution is -2.56. The molecular formula is C17H25N5O2. The van der Waals surface area contributed by atoms with E-state index in [9.17, 15) is 9.59 Å². The van der Waals surface area contributed by atoms with E-state index in [-0.39, 0.29) is 18.2 Å². The zero-order valence-electron chi connectivity index (χ0n) is 14.3. The van der Waals surface area contributed by atoms with E-state index in [4.69, 9.17) is 0 Å². The molecule has 1 aliphatic rings. The SMILES string of the molecule is CC(C)=CCN1CCNC(=O)C1CC(=O)NCCc1cnccn1. The lowest BCUT2D eigenvalue weighted by atomic mass is 10.1. The van der Waals surface area contributed by atoms with Gasteiger partial charge in [-0.05, 0) is 13.8 Å². The van der Waals surface area contributed by atoms with Crippen LogP contribution in [0.5, 0.6) is 0 Å². The van der Waals surface area contributed by atoms with Crippen LogP contribution in [0.3, 0.4) is 0 Å². The zero-order chi connectivity index (χ0) is 17.4. The van der Waals surface area contributed by atoms with Gasteiger partial charge < -0.3 is 10.6 Å². The second-order valence-corrected chi connectivity index (χ2v) is 6.08. The van der Waals surface area contributed by atoms with E-state index < -0.39 is 6.04 Å². The van der Waals surface area contributed by atoms with Crippen LogP contribution in [0, 0.1) is 0 Å². The Morgan fingerprint density at radius 3 is 3.00 bits per heavy atom. The molecular weight excluding hydrogens is 306 g/mol. The molecule has 0 saturated carbocycles. The third-order valence-corrected chi connectivity index (χ3v) is 3.87. The third-order valence-electron chi connectivity index (χ3n) is 3.87. The summed E-state index contributed by atoms with van der Waals surface area (Å²) in [5, 5.41) is 5.69. The van der Waals surface area contributed by atoms with Crippen LogP contribution in [-0.2, 0) is 16.0 Å². The van der Waals surface area contributed by atoms with Crippen molar-refractivity contribution < 1.29 is 9.59 Å². The van der Waals surface area contributed by atoms with Gasteiger partial charge in [0.2, 0.25) is 11.8 Å². The van der Waals surface area contributed by atoms with Crippen LogP contribution in [0.2, 0.25) is 0 Å². The molecule has 0 aromatic carbocycles. The van der Waals surface area contributed by atoms with E-state index in [0.29, 0.717) is 26.1 Å². The highest BCUT2D eigenvalue weighted by molar-refractivity contribution is 5.88. The summed E-state index contributed by atoms with van der Waals surface area (Å²) in [5.41, 5.74) is 2.03. The summed E-state index contributed by atoms with van der Waals surface area (Å²) in [6.45, 7) is 6.61. The summed E-state index contributed by atoms with van der Waals surface area (Å²) in [6.07, 6.45) is 7.80. The number of nitrogens with zero attached hydrogens (tertiary/aromatic N) is 3. The minimum atomic E-state index is -0.411. The number of hydrogen-bond donors (Lipinski definition) is 2. The lowest BCUT2D eigenvalue weighted by molar-refractivity contribution is -0.133. The quantitative estimate of drug-likeness (QED) is 0.702. The van der Waals surface area contributed by atoms with Gasteiger partial charge in [0, 0.05) is 51.2 Å². The van der Waals surface area contributed by atoms with E-state index >= 15 is 0 Å². The number of carbonyl (C=O) groups is 2. The molecule has 7 heteroatoms. The van der Waals surface area contributed by atoms with Crippen molar-refractivity contribution in [2.75, 3.05) is 26.2 Å². The molecule has 2 rings (SSSR count). The molecule has 0 aliphatic carbocycles. The molecule has 0 spiro atoms. The van der Waals surface area contributed by atoms with E-state index in [1.807, 2.05) is 18.7 Å². The fraction of sp³-hybridized carbons (Fsp3) is 0.529. The summed E-state index contributed by atoms with van der Waals surface area (Å²) in [6, 6.07) is -0.411. The lowest BCUT2D eigenvalue weighted by Gasteiger charge is -2.34. The van der Waals surface area contributed by atoms with Crippen molar-refractivity contribution in [3.63, 3.8) is 0 Å². The van der Waals surface area contributed by atoms with Gasteiger partial charge in [-0.2, -0.15) is 0 Å². The number of carbonyl (C=O) groups excluding carboxylic acids is 2. The first kappa shape index (κ1) is 18.1. The molecule has 2 N–H and O–H groups in total. The predicted molar refractivity (Wildman–Crippen MR) is 91.2 cm³/mol. The molecule has 0 radical (unpaired) electrons. The Labute approximate surface area is 142 Å². The molecule has 1 atom stereocenters. The van der Waals surface area contributed by atoms with Gasteiger partial charge in [-0.1, -0.05) is 11.6 Å². The summed E-state index contributed by atoms with van der Waals surface area (Å²) in [4.78, 5) is 34.5. The molecule has 0 bridgehead atoms. The average Bonchev–Trinajstić information content (AvgIpc) is 2.56. The first-order valence-corrected chi connectivity index (χ1v) is 8.23. The van der Waals surface area contributed by atoms with Gasteiger partial charge >= 0.3 is 0 Å². The summed E-state index contributed by atoms with van der Waals surface area (Å²) >= 11 is 0. The van der Waals surface area contributed by atoms with Gasteiger partial charge in [-0.3, -0.25) is 24.5 Å². The fourth-order valence-electron chi connectivity index (χ4n) is 2.54. The van der Waals surface area contributed by atoms with Crippen LogP contribution in [0.15, 0.2) is 30.2 Å². The molecule has 1 saturated heterocycles. The minimum absolute atomic E-state index is 0.0764. The summed E-state index contributed by atoms with van der Waals surface area (Å²) in [7, 11) is 0. The smallest absolute Gasteiger partial charge is 0.237 e. The van der Waals surface area contributed by atoms with Crippen molar-refractivity contribution in [1.82, 2.24) is 25.5 Å². The first-order chi connectivity index (χ1) is 11.6. The molecule has 1 fully saturated rings. The van der Waals surface area contributed by atoms with E-state index in [1.54, 1.807) is 18.6 Å². The second kappa shape index (κ2) is 9.12. The Bertz CT molecular complexity index is 584. The Kier molecular flexibility index (Phi) is 6.87. The molecule has 1 unspecified atom stereocenters. The fourth-order valence-corrected chi connectivity index (χ4v) is 2.54. The minimum Gasteiger partial charge on any atom is -0.356 e. The number of aromatic nitrogens is 2. The Morgan fingerprint density at radius 2 is 2.29 bits per heavy atom. The predicted octanol–water partition coefficient (Wildman–Crippen LogP) is 0.292. The Hall–Kier alpha value is -2.28.